The number of likely N-dealkylation sites (tertiary alicyclic amines) is 1. The lowest BCUT2D eigenvalue weighted by Gasteiger charge is -2.29. The lowest BCUT2D eigenvalue weighted by Crippen LogP contribution is -2.34. The van der Waals surface area contributed by atoms with Crippen LogP contribution in [0.4, 0.5) is 4.79 Å². The van der Waals surface area contributed by atoms with E-state index in [0.29, 0.717) is 12.5 Å². The number of rotatable bonds is 1. The molecule has 1 heterocycles. The minimum atomic E-state index is -0.228. The molecule has 0 bridgehead atoms. The predicted octanol–water partition coefficient (Wildman–Crippen LogP) is 1.59. The molecule has 1 saturated heterocycles. The fourth-order valence-electron chi connectivity index (χ4n) is 3.19. The number of hydrogen-bond acceptors (Lipinski definition) is 3. The Morgan fingerprint density at radius 1 is 1.25 bits per heavy atom. The summed E-state index contributed by atoms with van der Waals surface area (Å²) in [5.74, 6) is 1.21. The Balaban J connectivity index is 1.93. The second kappa shape index (κ2) is 5.04. The van der Waals surface area contributed by atoms with Gasteiger partial charge in [0, 0.05) is 19.1 Å². The van der Waals surface area contributed by atoms with E-state index in [0.717, 1.165) is 12.5 Å². The Morgan fingerprint density at radius 3 is 2.56 bits per heavy atom. The fourth-order valence-corrected chi connectivity index (χ4v) is 3.19. The van der Waals surface area contributed by atoms with Gasteiger partial charge in [-0.15, -0.1) is 0 Å². The molecule has 16 heavy (non-hydrogen) atoms. The highest BCUT2D eigenvalue weighted by atomic mass is 16.5. The molecule has 0 aromatic rings. The van der Waals surface area contributed by atoms with Crippen molar-refractivity contribution in [3.63, 3.8) is 0 Å². The first kappa shape index (κ1) is 11.7. The molecule has 4 nitrogen and oxygen atoms in total. The number of ether oxygens (including phenoxy) is 1. The van der Waals surface area contributed by atoms with Crippen LogP contribution in [-0.2, 0) is 4.74 Å². The van der Waals surface area contributed by atoms with E-state index in [1.807, 2.05) is 0 Å². The summed E-state index contributed by atoms with van der Waals surface area (Å²) in [5.41, 5.74) is 6.14. The number of carbonyl (C=O) groups is 1. The van der Waals surface area contributed by atoms with E-state index in [1.54, 1.807) is 4.90 Å². The Hall–Kier alpha value is -0.770. The van der Waals surface area contributed by atoms with Crippen LogP contribution in [0.15, 0.2) is 0 Å². The number of hydrogen-bond donors (Lipinski definition) is 1. The highest BCUT2D eigenvalue weighted by Gasteiger charge is 2.38. The van der Waals surface area contributed by atoms with Crippen LogP contribution in [0.3, 0.4) is 0 Å². The molecule has 1 amide bonds. The Kier molecular flexibility index (Phi) is 3.69. The summed E-state index contributed by atoms with van der Waals surface area (Å²) in [4.78, 5) is 13.2. The average Bonchev–Trinajstić information content (AvgIpc) is 2.71. The summed E-state index contributed by atoms with van der Waals surface area (Å²) in [5, 5.41) is 0. The molecular formula is C12H22N2O2. The molecule has 1 saturated carbocycles. The summed E-state index contributed by atoms with van der Waals surface area (Å²) < 4.78 is 4.75. The second-order valence-corrected chi connectivity index (χ2v) is 5.10. The van der Waals surface area contributed by atoms with Gasteiger partial charge in [-0.2, -0.15) is 0 Å². The van der Waals surface area contributed by atoms with Crippen LogP contribution in [0, 0.1) is 11.8 Å². The highest BCUT2D eigenvalue weighted by molar-refractivity contribution is 5.67. The van der Waals surface area contributed by atoms with Gasteiger partial charge in [0.05, 0.1) is 7.11 Å². The Bertz CT molecular complexity index is 251. The number of methoxy groups -OCH3 is 1. The van der Waals surface area contributed by atoms with Crippen molar-refractivity contribution < 1.29 is 9.53 Å². The first-order chi connectivity index (χ1) is 7.72. The highest BCUT2D eigenvalue weighted by Crippen LogP contribution is 2.34. The molecule has 2 N–H and O–H groups in total. The van der Waals surface area contributed by atoms with E-state index in [9.17, 15) is 4.79 Å². The van der Waals surface area contributed by atoms with Crippen molar-refractivity contribution in [1.82, 2.24) is 4.90 Å². The Morgan fingerprint density at radius 2 is 1.94 bits per heavy atom. The average molecular weight is 226 g/mol. The fraction of sp³-hybridized carbons (Fsp3) is 0.917. The summed E-state index contributed by atoms with van der Waals surface area (Å²) in [6.45, 7) is 1.45. The van der Waals surface area contributed by atoms with Gasteiger partial charge in [0.15, 0.2) is 0 Å². The van der Waals surface area contributed by atoms with Gasteiger partial charge in [-0.05, 0) is 11.8 Å². The number of carbonyl (C=O) groups excluding carboxylic acids is 1. The summed E-state index contributed by atoms with van der Waals surface area (Å²) in [7, 11) is 1.43. The molecule has 4 heteroatoms. The number of amides is 1. The third kappa shape index (κ3) is 2.32. The van der Waals surface area contributed by atoms with Crippen LogP contribution in [0.5, 0.6) is 0 Å². The summed E-state index contributed by atoms with van der Waals surface area (Å²) in [6, 6.07) is 0.141. The molecular weight excluding hydrogens is 204 g/mol. The molecule has 1 aliphatic heterocycles. The van der Waals surface area contributed by atoms with Crippen LogP contribution in [-0.4, -0.2) is 37.2 Å². The topological polar surface area (TPSA) is 55.6 Å². The summed E-state index contributed by atoms with van der Waals surface area (Å²) in [6.07, 6.45) is 6.35. The molecule has 0 radical (unpaired) electrons. The minimum Gasteiger partial charge on any atom is -0.453 e. The van der Waals surface area contributed by atoms with Crippen molar-refractivity contribution in [3.8, 4) is 0 Å². The van der Waals surface area contributed by atoms with Gasteiger partial charge in [-0.3, -0.25) is 0 Å². The zero-order valence-corrected chi connectivity index (χ0v) is 10.0. The van der Waals surface area contributed by atoms with Crippen LogP contribution in [0.25, 0.3) is 0 Å². The van der Waals surface area contributed by atoms with Crippen molar-refractivity contribution in [1.29, 1.82) is 0 Å². The van der Waals surface area contributed by atoms with Gasteiger partial charge in [0.1, 0.15) is 0 Å². The van der Waals surface area contributed by atoms with E-state index in [4.69, 9.17) is 10.5 Å². The molecule has 2 atom stereocenters. The second-order valence-electron chi connectivity index (χ2n) is 5.10. The lowest BCUT2D eigenvalue weighted by molar-refractivity contribution is 0.129. The van der Waals surface area contributed by atoms with Crippen LogP contribution in [0.1, 0.15) is 32.1 Å². The molecule has 2 fully saturated rings. The smallest absolute Gasteiger partial charge is 0.409 e. The minimum absolute atomic E-state index is 0.141. The first-order valence-corrected chi connectivity index (χ1v) is 6.31. The van der Waals surface area contributed by atoms with E-state index in [1.165, 1.54) is 39.2 Å². The molecule has 0 aromatic carbocycles. The van der Waals surface area contributed by atoms with Crippen molar-refractivity contribution in [2.45, 2.75) is 38.1 Å². The zero-order valence-electron chi connectivity index (χ0n) is 10.0. The third-order valence-electron chi connectivity index (χ3n) is 4.10. The molecule has 2 rings (SSSR count). The maximum absolute atomic E-state index is 11.4. The standard InChI is InChI=1S/C12H22N2O2/c1-16-12(15)14-7-10(11(13)8-14)9-5-3-2-4-6-9/h9-11H,2-8,13H2,1H3. The molecule has 1 aliphatic carbocycles. The van der Waals surface area contributed by atoms with Crippen molar-refractivity contribution in [2.24, 2.45) is 17.6 Å². The van der Waals surface area contributed by atoms with Crippen molar-refractivity contribution in [3.05, 3.63) is 0 Å². The quantitative estimate of drug-likeness (QED) is 0.738. The normalized spacial score (nSPS) is 31.8. The van der Waals surface area contributed by atoms with E-state index in [-0.39, 0.29) is 12.1 Å². The van der Waals surface area contributed by atoms with Crippen LogP contribution in [0.2, 0.25) is 0 Å². The molecule has 0 spiro atoms. The van der Waals surface area contributed by atoms with Gasteiger partial charge in [-0.1, -0.05) is 32.1 Å². The SMILES string of the molecule is COC(=O)N1CC(N)C(C2CCCCC2)C1. The maximum Gasteiger partial charge on any atom is 0.409 e. The van der Waals surface area contributed by atoms with Gasteiger partial charge < -0.3 is 15.4 Å². The lowest BCUT2D eigenvalue weighted by atomic mass is 9.78. The van der Waals surface area contributed by atoms with Gasteiger partial charge >= 0.3 is 6.09 Å². The monoisotopic (exact) mass is 226 g/mol. The molecule has 0 aromatic heterocycles. The van der Waals surface area contributed by atoms with Crippen molar-refractivity contribution >= 4 is 6.09 Å². The van der Waals surface area contributed by atoms with Crippen molar-refractivity contribution in [2.75, 3.05) is 20.2 Å². The van der Waals surface area contributed by atoms with E-state index >= 15 is 0 Å². The predicted molar refractivity (Wildman–Crippen MR) is 62.0 cm³/mol. The Labute approximate surface area is 97.1 Å². The maximum atomic E-state index is 11.4. The third-order valence-corrected chi connectivity index (χ3v) is 4.10. The summed E-state index contributed by atoms with van der Waals surface area (Å²) >= 11 is 0. The largest absolute Gasteiger partial charge is 0.453 e. The van der Waals surface area contributed by atoms with E-state index in [2.05, 4.69) is 0 Å². The van der Waals surface area contributed by atoms with Gasteiger partial charge in [0.25, 0.3) is 0 Å². The number of nitrogens with zero attached hydrogens (tertiary/aromatic N) is 1. The zero-order chi connectivity index (χ0) is 11.5. The molecule has 2 aliphatic rings. The van der Waals surface area contributed by atoms with Gasteiger partial charge in [-0.25, -0.2) is 4.79 Å². The number of nitrogens with two attached hydrogens (primary N) is 1. The van der Waals surface area contributed by atoms with Crippen LogP contribution >= 0.6 is 0 Å². The van der Waals surface area contributed by atoms with E-state index < -0.39 is 0 Å². The molecule has 2 unspecified atom stereocenters. The molecule has 92 valence electrons. The first-order valence-electron chi connectivity index (χ1n) is 6.31. The van der Waals surface area contributed by atoms with Gasteiger partial charge in [0.2, 0.25) is 0 Å². The van der Waals surface area contributed by atoms with Crippen LogP contribution < -0.4 is 5.73 Å².